The lowest BCUT2D eigenvalue weighted by Crippen LogP contribution is -2.17. The van der Waals surface area contributed by atoms with Crippen molar-refractivity contribution in [1.82, 2.24) is 4.98 Å². The highest BCUT2D eigenvalue weighted by Crippen LogP contribution is 2.35. The van der Waals surface area contributed by atoms with Gasteiger partial charge in [0.1, 0.15) is 10.9 Å². The van der Waals surface area contributed by atoms with E-state index in [1.165, 1.54) is 37.4 Å². The molecule has 0 saturated heterocycles. The second-order valence-electron chi connectivity index (χ2n) is 3.76. The zero-order valence-electron chi connectivity index (χ0n) is 10.2. The normalized spacial score (nSPS) is 11.2. The fraction of sp³-hybridized carbons (Fsp3) is 0.154. The smallest absolute Gasteiger partial charge is 0.481 e. The summed E-state index contributed by atoms with van der Waals surface area (Å²) in [5.41, 5.74) is 0.661. The molecule has 0 bridgehead atoms. The number of alkyl halides is 3. The summed E-state index contributed by atoms with van der Waals surface area (Å²) in [5, 5.41) is 0.112. The topological polar surface area (TPSA) is 31.4 Å². The molecule has 1 heterocycles. The van der Waals surface area contributed by atoms with Crippen molar-refractivity contribution in [2.24, 2.45) is 0 Å². The number of rotatable bonds is 3. The molecule has 0 N–H and O–H groups in total. The van der Waals surface area contributed by atoms with Gasteiger partial charge in [0, 0.05) is 11.6 Å². The minimum Gasteiger partial charge on any atom is -0.481 e. The van der Waals surface area contributed by atoms with E-state index in [0.29, 0.717) is 5.56 Å². The highest BCUT2D eigenvalue weighted by molar-refractivity contribution is 6.29. The lowest BCUT2D eigenvalue weighted by atomic mass is 10.1. The molecule has 0 aliphatic heterocycles. The third kappa shape index (κ3) is 3.54. The van der Waals surface area contributed by atoms with Crippen LogP contribution in [0.4, 0.5) is 13.2 Å². The Kier molecular flexibility index (Phi) is 4.04. The number of hydrogen-bond acceptors (Lipinski definition) is 3. The molecule has 0 unspecified atom stereocenters. The average molecular weight is 304 g/mol. The zero-order chi connectivity index (χ0) is 14.8. The molecule has 0 fully saturated rings. The van der Waals surface area contributed by atoms with Gasteiger partial charge in [0.15, 0.2) is 0 Å². The van der Waals surface area contributed by atoms with Crippen LogP contribution in [0.15, 0.2) is 36.4 Å². The molecule has 0 radical (unpaired) electrons. The van der Waals surface area contributed by atoms with E-state index in [1.54, 1.807) is 6.07 Å². The molecule has 20 heavy (non-hydrogen) atoms. The van der Waals surface area contributed by atoms with Gasteiger partial charge >= 0.3 is 6.36 Å². The Morgan fingerprint density at radius 2 is 1.85 bits per heavy atom. The number of halogens is 4. The minimum atomic E-state index is -4.77. The number of nitrogens with zero attached hydrogens (tertiary/aromatic N) is 1. The van der Waals surface area contributed by atoms with Gasteiger partial charge in [-0.2, -0.15) is 0 Å². The first-order valence-corrected chi connectivity index (χ1v) is 5.83. The molecule has 3 nitrogen and oxygen atoms in total. The molecule has 2 rings (SSSR count). The first kappa shape index (κ1) is 14.5. The van der Waals surface area contributed by atoms with Crippen LogP contribution in [0.1, 0.15) is 0 Å². The van der Waals surface area contributed by atoms with Crippen LogP contribution in [0.25, 0.3) is 11.1 Å². The molecule has 0 spiro atoms. The molecular formula is C13H9ClF3NO2. The summed E-state index contributed by atoms with van der Waals surface area (Å²) in [6.07, 6.45) is -4.77. The third-order valence-electron chi connectivity index (χ3n) is 2.40. The molecule has 1 aromatic heterocycles. The molecule has 1 aromatic carbocycles. The fourth-order valence-electron chi connectivity index (χ4n) is 1.65. The molecule has 0 aliphatic rings. The van der Waals surface area contributed by atoms with Crippen molar-refractivity contribution < 1.29 is 22.6 Å². The maximum atomic E-state index is 12.4. The summed E-state index contributed by atoms with van der Waals surface area (Å²) in [7, 11) is 1.39. The van der Waals surface area contributed by atoms with Crippen LogP contribution in [0.5, 0.6) is 11.6 Å². The summed E-state index contributed by atoms with van der Waals surface area (Å²) in [6, 6.07) is 8.67. The molecular weight excluding hydrogens is 295 g/mol. The summed E-state index contributed by atoms with van der Waals surface area (Å²) in [5.74, 6) is -0.112. The Bertz CT molecular complexity index is 617. The molecule has 0 saturated carbocycles. The van der Waals surface area contributed by atoms with Crippen molar-refractivity contribution in [3.63, 3.8) is 0 Å². The van der Waals surface area contributed by atoms with Crippen LogP contribution >= 0.6 is 11.6 Å². The Morgan fingerprint density at radius 3 is 2.50 bits per heavy atom. The highest BCUT2D eigenvalue weighted by atomic mass is 35.5. The quantitative estimate of drug-likeness (QED) is 0.792. The zero-order valence-corrected chi connectivity index (χ0v) is 11.0. The summed E-state index contributed by atoms with van der Waals surface area (Å²) < 4.78 is 46.1. The van der Waals surface area contributed by atoms with Gasteiger partial charge < -0.3 is 9.47 Å². The van der Waals surface area contributed by atoms with E-state index < -0.39 is 6.36 Å². The monoisotopic (exact) mass is 303 g/mol. The average Bonchev–Trinajstić information content (AvgIpc) is 2.36. The number of pyridine rings is 1. The van der Waals surface area contributed by atoms with E-state index in [0.717, 1.165) is 0 Å². The molecule has 106 valence electrons. The molecule has 0 amide bonds. The summed E-state index contributed by atoms with van der Waals surface area (Å²) in [6.45, 7) is 0. The van der Waals surface area contributed by atoms with Crippen LogP contribution < -0.4 is 9.47 Å². The minimum absolute atomic E-state index is 0.112. The van der Waals surface area contributed by atoms with Gasteiger partial charge in [0.25, 0.3) is 0 Å². The van der Waals surface area contributed by atoms with E-state index >= 15 is 0 Å². The number of hydrogen-bond donors (Lipinski definition) is 0. The van der Waals surface area contributed by atoms with E-state index in [1.807, 2.05) is 0 Å². The van der Waals surface area contributed by atoms with Crippen LogP contribution in [0.2, 0.25) is 5.15 Å². The molecule has 2 aromatic rings. The maximum Gasteiger partial charge on any atom is 0.573 e. The first-order chi connectivity index (χ1) is 9.39. The van der Waals surface area contributed by atoms with Gasteiger partial charge in [-0.05, 0) is 17.7 Å². The van der Waals surface area contributed by atoms with Crippen LogP contribution in [0, 0.1) is 0 Å². The van der Waals surface area contributed by atoms with Crippen molar-refractivity contribution in [2.75, 3.05) is 7.11 Å². The summed E-state index contributed by atoms with van der Waals surface area (Å²) in [4.78, 5) is 3.86. The van der Waals surface area contributed by atoms with Crippen molar-refractivity contribution in [1.29, 1.82) is 0 Å². The second-order valence-corrected chi connectivity index (χ2v) is 4.15. The maximum absolute atomic E-state index is 12.4. The van der Waals surface area contributed by atoms with Crippen LogP contribution in [-0.4, -0.2) is 18.5 Å². The predicted octanol–water partition coefficient (Wildman–Crippen LogP) is 4.31. The molecule has 0 atom stereocenters. The predicted molar refractivity (Wildman–Crippen MR) is 67.9 cm³/mol. The van der Waals surface area contributed by atoms with Gasteiger partial charge in [-0.15, -0.1) is 13.2 Å². The largest absolute Gasteiger partial charge is 0.573 e. The van der Waals surface area contributed by atoms with Gasteiger partial charge in [0.05, 0.1) is 7.11 Å². The molecule has 7 heteroatoms. The molecule has 0 aliphatic carbocycles. The standard InChI is InChI=1S/C13H9ClF3NO2/c1-19-12-7-8(6-11(14)18-12)9-4-2-3-5-10(9)20-13(15,16)17/h2-7H,1H3. The third-order valence-corrected chi connectivity index (χ3v) is 2.60. The van der Waals surface area contributed by atoms with E-state index in [2.05, 4.69) is 9.72 Å². The highest BCUT2D eigenvalue weighted by Gasteiger charge is 2.32. The van der Waals surface area contributed by atoms with E-state index in [9.17, 15) is 13.2 Å². The Morgan fingerprint density at radius 1 is 1.15 bits per heavy atom. The number of aromatic nitrogens is 1. The van der Waals surface area contributed by atoms with Crippen molar-refractivity contribution in [2.45, 2.75) is 6.36 Å². The lowest BCUT2D eigenvalue weighted by Gasteiger charge is -2.13. The second kappa shape index (κ2) is 5.58. The van der Waals surface area contributed by atoms with Crippen molar-refractivity contribution in [3.8, 4) is 22.8 Å². The number of benzene rings is 1. The SMILES string of the molecule is COc1cc(-c2ccccc2OC(F)(F)F)cc(Cl)n1. The lowest BCUT2D eigenvalue weighted by molar-refractivity contribution is -0.274. The number of ether oxygens (including phenoxy) is 2. The fourth-order valence-corrected chi connectivity index (χ4v) is 1.85. The van der Waals surface area contributed by atoms with E-state index in [-0.39, 0.29) is 22.3 Å². The van der Waals surface area contributed by atoms with Crippen LogP contribution in [0.3, 0.4) is 0 Å². The Labute approximate surface area is 117 Å². The first-order valence-electron chi connectivity index (χ1n) is 5.46. The van der Waals surface area contributed by atoms with Gasteiger partial charge in [-0.25, -0.2) is 4.98 Å². The van der Waals surface area contributed by atoms with Crippen LogP contribution in [-0.2, 0) is 0 Å². The van der Waals surface area contributed by atoms with E-state index in [4.69, 9.17) is 16.3 Å². The van der Waals surface area contributed by atoms with Crippen molar-refractivity contribution in [3.05, 3.63) is 41.6 Å². The Balaban J connectivity index is 2.50. The van der Waals surface area contributed by atoms with Gasteiger partial charge in [-0.1, -0.05) is 29.8 Å². The number of methoxy groups -OCH3 is 1. The Hall–Kier alpha value is -1.95. The summed E-state index contributed by atoms with van der Waals surface area (Å²) >= 11 is 5.81. The van der Waals surface area contributed by atoms with Gasteiger partial charge in [-0.3, -0.25) is 0 Å². The van der Waals surface area contributed by atoms with Gasteiger partial charge in [0.2, 0.25) is 5.88 Å². The van der Waals surface area contributed by atoms with Crippen molar-refractivity contribution >= 4 is 11.6 Å². The number of para-hydroxylation sites is 1.